The molecule has 1 atom stereocenters. The number of hydrogen-bond donors (Lipinski definition) is 1. The van der Waals surface area contributed by atoms with E-state index in [1.54, 1.807) is 17.0 Å². The molecule has 5 heteroatoms. The lowest BCUT2D eigenvalue weighted by Crippen LogP contribution is -2.27. The predicted molar refractivity (Wildman–Crippen MR) is 86.1 cm³/mol. The molecule has 0 bridgehead atoms. The number of aryl methyl sites for hydroxylation is 2. The summed E-state index contributed by atoms with van der Waals surface area (Å²) in [7, 11) is 1.86. The molecule has 1 aromatic carbocycles. The number of carbonyl (C=O) groups excluding carboxylic acids is 1. The van der Waals surface area contributed by atoms with Crippen LogP contribution in [0.4, 0.5) is 0 Å². The Morgan fingerprint density at radius 2 is 2.09 bits per heavy atom. The second kappa shape index (κ2) is 7.54. The van der Waals surface area contributed by atoms with Crippen molar-refractivity contribution in [2.75, 3.05) is 0 Å². The molecule has 0 unspecified atom stereocenters. The highest BCUT2D eigenvalue weighted by molar-refractivity contribution is 5.88. The van der Waals surface area contributed by atoms with E-state index in [4.69, 9.17) is 0 Å². The molecule has 5 nitrogen and oxygen atoms in total. The summed E-state index contributed by atoms with van der Waals surface area (Å²) in [5.74, 6) is 0.643. The van der Waals surface area contributed by atoms with Gasteiger partial charge in [0.1, 0.15) is 6.33 Å². The van der Waals surface area contributed by atoms with Crippen LogP contribution >= 0.6 is 0 Å². The Morgan fingerprint density at radius 3 is 2.73 bits per heavy atom. The third-order valence-electron chi connectivity index (χ3n) is 3.52. The fraction of sp³-hybridized carbons (Fsp3) is 0.353. The van der Waals surface area contributed by atoms with Gasteiger partial charge < -0.3 is 9.88 Å². The van der Waals surface area contributed by atoms with Crippen LogP contribution in [-0.4, -0.2) is 20.7 Å². The largest absolute Gasteiger partial charge is 0.343 e. The maximum Gasteiger partial charge on any atom is 0.244 e. The number of hydrogen-bond acceptors (Lipinski definition) is 3. The third kappa shape index (κ3) is 4.55. The van der Waals surface area contributed by atoms with Crippen LogP contribution in [0.3, 0.4) is 0 Å². The van der Waals surface area contributed by atoms with Gasteiger partial charge >= 0.3 is 0 Å². The van der Waals surface area contributed by atoms with Gasteiger partial charge in [-0.2, -0.15) is 0 Å². The Balaban J connectivity index is 1.86. The maximum absolute atomic E-state index is 12.0. The zero-order valence-corrected chi connectivity index (χ0v) is 13.3. The minimum atomic E-state index is -0.168. The fourth-order valence-corrected chi connectivity index (χ4v) is 2.29. The summed E-state index contributed by atoms with van der Waals surface area (Å²) >= 11 is 0. The number of allylic oxidation sites excluding steroid dienone is 1. The van der Waals surface area contributed by atoms with Crippen LogP contribution in [0, 0.1) is 0 Å². The van der Waals surface area contributed by atoms with E-state index in [0.717, 1.165) is 24.2 Å². The van der Waals surface area contributed by atoms with Crippen LogP contribution in [0.5, 0.6) is 0 Å². The Bertz CT molecular complexity index is 646. The zero-order chi connectivity index (χ0) is 15.9. The number of carbonyl (C=O) groups is 1. The number of nitrogens with one attached hydrogen (secondary N) is 1. The Kier molecular flexibility index (Phi) is 5.47. The summed E-state index contributed by atoms with van der Waals surface area (Å²) in [6.45, 7) is 3.88. The van der Waals surface area contributed by atoms with E-state index in [2.05, 4.69) is 27.6 Å². The number of amides is 1. The quantitative estimate of drug-likeness (QED) is 0.834. The molecular formula is C17H22N4O. The average molecular weight is 298 g/mol. The van der Waals surface area contributed by atoms with Crippen LogP contribution in [0.25, 0.3) is 0 Å². The monoisotopic (exact) mass is 298 g/mol. The molecule has 0 spiro atoms. The van der Waals surface area contributed by atoms with E-state index in [1.807, 2.05) is 39.1 Å². The van der Waals surface area contributed by atoms with Crippen molar-refractivity contribution in [2.24, 2.45) is 7.05 Å². The van der Waals surface area contributed by atoms with Crippen molar-refractivity contribution in [3.05, 3.63) is 59.7 Å². The van der Waals surface area contributed by atoms with E-state index in [1.165, 1.54) is 5.56 Å². The van der Waals surface area contributed by atoms with Gasteiger partial charge in [0, 0.05) is 13.1 Å². The van der Waals surface area contributed by atoms with Crippen LogP contribution in [0.1, 0.15) is 37.7 Å². The smallest absolute Gasteiger partial charge is 0.244 e. The van der Waals surface area contributed by atoms with Crippen LogP contribution < -0.4 is 5.32 Å². The van der Waals surface area contributed by atoms with Crippen molar-refractivity contribution in [1.29, 1.82) is 0 Å². The SMILES string of the molecule is C/C(=C/C(=O)N[C@@H](C)c1nncn1C)CCc1ccccc1. The summed E-state index contributed by atoms with van der Waals surface area (Å²) < 4.78 is 1.80. The summed E-state index contributed by atoms with van der Waals surface area (Å²) in [5.41, 5.74) is 2.34. The van der Waals surface area contributed by atoms with Gasteiger partial charge in [-0.15, -0.1) is 10.2 Å². The van der Waals surface area contributed by atoms with Crippen molar-refractivity contribution in [1.82, 2.24) is 20.1 Å². The van der Waals surface area contributed by atoms with Gasteiger partial charge in [-0.05, 0) is 32.3 Å². The first-order valence-electron chi connectivity index (χ1n) is 7.41. The molecule has 0 saturated carbocycles. The van der Waals surface area contributed by atoms with Crippen LogP contribution in [0.2, 0.25) is 0 Å². The molecule has 0 saturated heterocycles. The number of benzene rings is 1. The molecule has 116 valence electrons. The lowest BCUT2D eigenvalue weighted by molar-refractivity contribution is -0.117. The standard InChI is InChI=1S/C17H22N4O/c1-13(9-10-15-7-5-4-6-8-15)11-16(22)19-14(2)17-20-18-12-21(17)3/h4-8,11-12,14H,9-10H2,1-3H3,(H,19,22)/b13-11-/t14-/m0/s1. The molecule has 0 radical (unpaired) electrons. The Morgan fingerprint density at radius 1 is 1.36 bits per heavy atom. The van der Waals surface area contributed by atoms with Crippen molar-refractivity contribution in [3.8, 4) is 0 Å². The topological polar surface area (TPSA) is 59.8 Å². The van der Waals surface area contributed by atoms with Crippen LogP contribution in [-0.2, 0) is 18.3 Å². The lowest BCUT2D eigenvalue weighted by atomic mass is 10.1. The van der Waals surface area contributed by atoms with Gasteiger partial charge in [0.2, 0.25) is 5.91 Å². The molecule has 0 aliphatic heterocycles. The molecule has 1 aromatic heterocycles. The second-order valence-corrected chi connectivity index (χ2v) is 5.51. The van der Waals surface area contributed by atoms with E-state index in [-0.39, 0.29) is 11.9 Å². The van der Waals surface area contributed by atoms with E-state index in [9.17, 15) is 4.79 Å². The third-order valence-corrected chi connectivity index (χ3v) is 3.52. The van der Waals surface area contributed by atoms with Gasteiger partial charge in [0.15, 0.2) is 5.82 Å². The first-order valence-corrected chi connectivity index (χ1v) is 7.41. The molecule has 2 aromatic rings. The van der Waals surface area contributed by atoms with Crippen molar-refractivity contribution in [3.63, 3.8) is 0 Å². The van der Waals surface area contributed by atoms with Crippen molar-refractivity contribution in [2.45, 2.75) is 32.7 Å². The fourth-order valence-electron chi connectivity index (χ4n) is 2.29. The summed E-state index contributed by atoms with van der Waals surface area (Å²) in [4.78, 5) is 12.0. The summed E-state index contributed by atoms with van der Waals surface area (Å²) in [5, 5.41) is 10.7. The molecular weight excluding hydrogens is 276 g/mol. The molecule has 22 heavy (non-hydrogen) atoms. The zero-order valence-electron chi connectivity index (χ0n) is 13.3. The molecule has 2 rings (SSSR count). The number of nitrogens with zero attached hydrogens (tertiary/aromatic N) is 3. The normalized spacial score (nSPS) is 13.0. The van der Waals surface area contributed by atoms with E-state index in [0.29, 0.717) is 0 Å². The minimum absolute atomic E-state index is 0.0962. The van der Waals surface area contributed by atoms with Gasteiger partial charge in [-0.3, -0.25) is 4.79 Å². The predicted octanol–water partition coefficient (Wildman–Crippen LogP) is 2.57. The first-order chi connectivity index (χ1) is 10.6. The second-order valence-electron chi connectivity index (χ2n) is 5.51. The van der Waals surface area contributed by atoms with Gasteiger partial charge in [-0.1, -0.05) is 35.9 Å². The average Bonchev–Trinajstić information content (AvgIpc) is 2.92. The molecule has 1 amide bonds. The van der Waals surface area contributed by atoms with Crippen LogP contribution in [0.15, 0.2) is 48.3 Å². The number of aromatic nitrogens is 3. The summed E-state index contributed by atoms with van der Waals surface area (Å²) in [6.07, 6.45) is 5.10. The first kappa shape index (κ1) is 15.9. The van der Waals surface area contributed by atoms with Gasteiger partial charge in [-0.25, -0.2) is 0 Å². The van der Waals surface area contributed by atoms with E-state index < -0.39 is 0 Å². The Hall–Kier alpha value is -2.43. The van der Waals surface area contributed by atoms with Gasteiger partial charge in [0.05, 0.1) is 6.04 Å². The Labute approximate surface area is 131 Å². The molecule has 1 heterocycles. The molecule has 1 N–H and O–H groups in total. The molecule has 0 aliphatic rings. The van der Waals surface area contributed by atoms with Gasteiger partial charge in [0.25, 0.3) is 0 Å². The highest BCUT2D eigenvalue weighted by atomic mass is 16.1. The highest BCUT2D eigenvalue weighted by Crippen LogP contribution is 2.10. The molecule has 0 fully saturated rings. The van der Waals surface area contributed by atoms with Crippen molar-refractivity contribution < 1.29 is 4.79 Å². The minimum Gasteiger partial charge on any atom is -0.343 e. The lowest BCUT2D eigenvalue weighted by Gasteiger charge is -2.11. The van der Waals surface area contributed by atoms with E-state index >= 15 is 0 Å². The number of rotatable bonds is 6. The van der Waals surface area contributed by atoms with Crippen molar-refractivity contribution >= 4 is 5.91 Å². The molecule has 0 aliphatic carbocycles. The maximum atomic E-state index is 12.0. The highest BCUT2D eigenvalue weighted by Gasteiger charge is 2.12. The summed E-state index contributed by atoms with van der Waals surface area (Å²) in [6, 6.07) is 10.1.